The summed E-state index contributed by atoms with van der Waals surface area (Å²) in [5.41, 5.74) is 5.54. The van der Waals surface area contributed by atoms with Gasteiger partial charge in [0, 0.05) is 5.39 Å². The fourth-order valence-corrected chi connectivity index (χ4v) is 1.76. The number of benzene rings is 1. The molecule has 4 nitrogen and oxygen atoms in total. The molecule has 78 valence electrons. The number of rotatable bonds is 1. The summed E-state index contributed by atoms with van der Waals surface area (Å²) in [7, 11) is 1.57. The van der Waals surface area contributed by atoms with Gasteiger partial charge in [0.2, 0.25) is 0 Å². The van der Waals surface area contributed by atoms with E-state index in [0.717, 1.165) is 0 Å². The normalized spacial score (nSPS) is 10.5. The van der Waals surface area contributed by atoms with Gasteiger partial charge in [-0.2, -0.15) is 0 Å². The minimum atomic E-state index is -0.542. The lowest BCUT2D eigenvalue weighted by atomic mass is 10.2. The monoisotopic (exact) mass is 269 g/mol. The standard InChI is InChI=1S/C10H8BrNO3/c1-14-5-2-3-7-6(4-5)8(11)9(12)10(13)15-7/h2-4H,12H2,1H3. The summed E-state index contributed by atoms with van der Waals surface area (Å²) < 4.78 is 10.6. The molecule has 0 aliphatic heterocycles. The minimum absolute atomic E-state index is 0.0655. The maximum atomic E-state index is 11.3. The maximum absolute atomic E-state index is 11.3. The molecule has 0 spiro atoms. The summed E-state index contributed by atoms with van der Waals surface area (Å²) in [6.07, 6.45) is 0. The van der Waals surface area contributed by atoms with Crippen LogP contribution in [0.15, 0.2) is 31.9 Å². The van der Waals surface area contributed by atoms with E-state index in [9.17, 15) is 4.79 Å². The van der Waals surface area contributed by atoms with Crippen molar-refractivity contribution in [3.05, 3.63) is 33.1 Å². The van der Waals surface area contributed by atoms with Crippen LogP contribution in [0.25, 0.3) is 11.0 Å². The molecule has 5 heteroatoms. The van der Waals surface area contributed by atoms with E-state index in [4.69, 9.17) is 14.9 Å². The summed E-state index contributed by atoms with van der Waals surface area (Å²) in [6, 6.07) is 5.13. The van der Waals surface area contributed by atoms with Gasteiger partial charge in [0.05, 0.1) is 11.6 Å². The highest BCUT2D eigenvalue weighted by atomic mass is 79.9. The van der Waals surface area contributed by atoms with Crippen molar-refractivity contribution < 1.29 is 9.15 Å². The molecule has 0 aliphatic rings. The van der Waals surface area contributed by atoms with Crippen LogP contribution in [0.5, 0.6) is 5.75 Å². The van der Waals surface area contributed by atoms with Crippen molar-refractivity contribution in [2.24, 2.45) is 0 Å². The molecule has 1 aromatic heterocycles. The zero-order chi connectivity index (χ0) is 11.0. The van der Waals surface area contributed by atoms with Gasteiger partial charge in [-0.15, -0.1) is 0 Å². The first-order chi connectivity index (χ1) is 7.13. The quantitative estimate of drug-likeness (QED) is 0.806. The van der Waals surface area contributed by atoms with E-state index in [1.54, 1.807) is 25.3 Å². The third-order valence-electron chi connectivity index (χ3n) is 2.08. The molecule has 0 aliphatic carbocycles. The van der Waals surface area contributed by atoms with Crippen molar-refractivity contribution in [1.82, 2.24) is 0 Å². The molecule has 0 unspecified atom stereocenters. The van der Waals surface area contributed by atoms with Gasteiger partial charge in [-0.3, -0.25) is 0 Å². The Bertz CT molecular complexity index is 577. The lowest BCUT2D eigenvalue weighted by Crippen LogP contribution is -2.07. The van der Waals surface area contributed by atoms with Crippen LogP contribution in [0, 0.1) is 0 Å². The van der Waals surface area contributed by atoms with Crippen molar-refractivity contribution in [2.75, 3.05) is 12.8 Å². The van der Waals surface area contributed by atoms with Crippen LogP contribution in [0.4, 0.5) is 5.69 Å². The Morgan fingerprint density at radius 3 is 2.87 bits per heavy atom. The number of halogens is 1. The molecule has 0 fully saturated rings. The van der Waals surface area contributed by atoms with Crippen molar-refractivity contribution in [3.63, 3.8) is 0 Å². The Labute approximate surface area is 93.8 Å². The summed E-state index contributed by atoms with van der Waals surface area (Å²) >= 11 is 3.25. The SMILES string of the molecule is COc1ccc2oc(=O)c(N)c(Br)c2c1. The van der Waals surface area contributed by atoms with Crippen molar-refractivity contribution in [3.8, 4) is 5.75 Å². The molecule has 0 saturated carbocycles. The first-order valence-corrected chi connectivity index (χ1v) is 4.98. The molecular weight excluding hydrogens is 262 g/mol. The zero-order valence-electron chi connectivity index (χ0n) is 7.91. The number of methoxy groups -OCH3 is 1. The van der Waals surface area contributed by atoms with Crippen LogP contribution >= 0.6 is 15.9 Å². The molecule has 0 radical (unpaired) electrons. The molecule has 0 bridgehead atoms. The number of anilines is 1. The second-order valence-electron chi connectivity index (χ2n) is 2.98. The van der Waals surface area contributed by atoms with Gasteiger partial charge in [-0.1, -0.05) is 0 Å². The van der Waals surface area contributed by atoms with Crippen LogP contribution in [-0.4, -0.2) is 7.11 Å². The highest BCUT2D eigenvalue weighted by Crippen LogP contribution is 2.29. The predicted molar refractivity (Wildman–Crippen MR) is 61.1 cm³/mol. The van der Waals surface area contributed by atoms with Gasteiger partial charge in [-0.25, -0.2) is 4.79 Å². The molecule has 0 saturated heterocycles. The molecule has 2 aromatic rings. The Morgan fingerprint density at radius 2 is 2.20 bits per heavy atom. The number of ether oxygens (including phenoxy) is 1. The summed E-state index contributed by atoms with van der Waals surface area (Å²) in [5, 5.41) is 0.714. The zero-order valence-corrected chi connectivity index (χ0v) is 9.50. The van der Waals surface area contributed by atoms with Crippen LogP contribution < -0.4 is 16.1 Å². The second kappa shape index (κ2) is 3.58. The van der Waals surface area contributed by atoms with E-state index in [2.05, 4.69) is 15.9 Å². The molecule has 15 heavy (non-hydrogen) atoms. The van der Waals surface area contributed by atoms with Crippen LogP contribution in [0.1, 0.15) is 0 Å². The van der Waals surface area contributed by atoms with Gasteiger partial charge < -0.3 is 14.9 Å². The van der Waals surface area contributed by atoms with E-state index in [-0.39, 0.29) is 5.69 Å². The third-order valence-corrected chi connectivity index (χ3v) is 2.94. The van der Waals surface area contributed by atoms with Gasteiger partial charge in [0.1, 0.15) is 17.0 Å². The van der Waals surface area contributed by atoms with Crippen LogP contribution in [0.2, 0.25) is 0 Å². The molecule has 2 rings (SSSR count). The van der Waals surface area contributed by atoms with Crippen LogP contribution in [-0.2, 0) is 0 Å². The number of nitrogen functional groups attached to an aromatic ring is 1. The molecule has 0 atom stereocenters. The second-order valence-corrected chi connectivity index (χ2v) is 3.77. The van der Waals surface area contributed by atoms with Gasteiger partial charge in [-0.05, 0) is 34.1 Å². The average molecular weight is 270 g/mol. The first kappa shape index (κ1) is 10.0. The molecule has 2 N–H and O–H groups in total. The van der Waals surface area contributed by atoms with Crippen molar-refractivity contribution in [1.29, 1.82) is 0 Å². The highest BCUT2D eigenvalue weighted by molar-refractivity contribution is 9.10. The van der Waals surface area contributed by atoms with Crippen molar-refractivity contribution >= 4 is 32.6 Å². The number of fused-ring (bicyclic) bond motifs is 1. The molecule has 0 amide bonds. The van der Waals surface area contributed by atoms with E-state index in [1.165, 1.54) is 0 Å². The van der Waals surface area contributed by atoms with Gasteiger partial charge in [0.25, 0.3) is 0 Å². The third kappa shape index (κ3) is 1.59. The Balaban J connectivity index is 2.87. The maximum Gasteiger partial charge on any atom is 0.360 e. The van der Waals surface area contributed by atoms with E-state index >= 15 is 0 Å². The number of hydrogen-bond acceptors (Lipinski definition) is 4. The molecular formula is C10H8BrNO3. The number of nitrogens with two attached hydrogens (primary N) is 1. The summed E-state index contributed by atoms with van der Waals surface area (Å²) in [4.78, 5) is 11.3. The lowest BCUT2D eigenvalue weighted by Gasteiger charge is -2.04. The lowest BCUT2D eigenvalue weighted by molar-refractivity contribution is 0.415. The minimum Gasteiger partial charge on any atom is -0.497 e. The highest BCUT2D eigenvalue weighted by Gasteiger charge is 2.09. The van der Waals surface area contributed by atoms with E-state index in [1.807, 2.05) is 0 Å². The summed E-state index contributed by atoms with van der Waals surface area (Å²) in [5.74, 6) is 0.677. The van der Waals surface area contributed by atoms with Gasteiger partial charge >= 0.3 is 5.63 Å². The number of hydrogen-bond donors (Lipinski definition) is 1. The van der Waals surface area contributed by atoms with E-state index < -0.39 is 5.63 Å². The summed E-state index contributed by atoms with van der Waals surface area (Å²) in [6.45, 7) is 0. The fraction of sp³-hybridized carbons (Fsp3) is 0.100. The topological polar surface area (TPSA) is 65.5 Å². The Kier molecular flexibility index (Phi) is 2.40. The van der Waals surface area contributed by atoms with E-state index in [0.29, 0.717) is 21.2 Å². The Morgan fingerprint density at radius 1 is 1.47 bits per heavy atom. The molecule has 1 aromatic carbocycles. The fourth-order valence-electron chi connectivity index (χ4n) is 1.29. The largest absolute Gasteiger partial charge is 0.497 e. The average Bonchev–Trinajstić information content (AvgIpc) is 2.26. The first-order valence-electron chi connectivity index (χ1n) is 4.19. The smallest absolute Gasteiger partial charge is 0.360 e. The van der Waals surface area contributed by atoms with Crippen LogP contribution in [0.3, 0.4) is 0 Å². The Hall–Kier alpha value is -1.49. The molecule has 1 heterocycles. The van der Waals surface area contributed by atoms with Crippen molar-refractivity contribution in [2.45, 2.75) is 0 Å². The predicted octanol–water partition coefficient (Wildman–Crippen LogP) is 2.15. The van der Waals surface area contributed by atoms with Gasteiger partial charge in [0.15, 0.2) is 0 Å².